The van der Waals surface area contributed by atoms with Gasteiger partial charge in [0.2, 0.25) is 0 Å². The van der Waals surface area contributed by atoms with Gasteiger partial charge in [-0.15, -0.1) is 0 Å². The van der Waals surface area contributed by atoms with E-state index in [-0.39, 0.29) is 6.61 Å². The molecule has 0 aliphatic rings. The Morgan fingerprint density at radius 1 is 1.38 bits per heavy atom. The normalized spacial score (nSPS) is 8.54. The van der Waals surface area contributed by atoms with Gasteiger partial charge in [-0.05, 0) is 12.1 Å². The minimum atomic E-state index is -0.0256. The molecule has 0 fully saturated rings. The molecule has 13 heavy (non-hydrogen) atoms. The van der Waals surface area contributed by atoms with Gasteiger partial charge in [-0.25, -0.2) is 0 Å². The molecule has 0 aliphatic heterocycles. The molecule has 0 aromatic heterocycles. The van der Waals surface area contributed by atoms with Gasteiger partial charge in [-0.3, -0.25) is 0 Å². The molecule has 4 heteroatoms. The van der Waals surface area contributed by atoms with E-state index in [1.807, 2.05) is 12.1 Å². The van der Waals surface area contributed by atoms with Crippen molar-refractivity contribution in [3.05, 3.63) is 28.8 Å². The molecular formula is C9H5ClN2O. The topological polar surface area (TPSA) is 56.8 Å². The first-order valence-corrected chi connectivity index (χ1v) is 3.85. The molecule has 64 valence electrons. The van der Waals surface area contributed by atoms with Gasteiger partial charge < -0.3 is 4.74 Å². The third-order valence-corrected chi connectivity index (χ3v) is 1.68. The van der Waals surface area contributed by atoms with Gasteiger partial charge in [0.25, 0.3) is 0 Å². The molecule has 0 atom stereocenters. The largest absolute Gasteiger partial charge is 0.479 e. The van der Waals surface area contributed by atoms with E-state index in [0.29, 0.717) is 16.3 Å². The number of benzene rings is 1. The quantitative estimate of drug-likeness (QED) is 0.721. The van der Waals surface area contributed by atoms with Gasteiger partial charge >= 0.3 is 0 Å². The lowest BCUT2D eigenvalue weighted by atomic mass is 10.2. The smallest absolute Gasteiger partial charge is 0.174 e. The number of nitrogens with zero attached hydrogens (tertiary/aromatic N) is 2. The second kappa shape index (κ2) is 4.35. The van der Waals surface area contributed by atoms with Crippen molar-refractivity contribution in [2.24, 2.45) is 0 Å². The molecule has 3 nitrogen and oxygen atoms in total. The summed E-state index contributed by atoms with van der Waals surface area (Å²) in [5, 5.41) is 17.1. The SMILES string of the molecule is N#CCOc1ccc(C#N)c(Cl)c1. The average molecular weight is 193 g/mol. The summed E-state index contributed by atoms with van der Waals surface area (Å²) in [5.41, 5.74) is 0.394. The van der Waals surface area contributed by atoms with E-state index in [1.54, 1.807) is 12.1 Å². The van der Waals surface area contributed by atoms with Crippen LogP contribution in [0.4, 0.5) is 0 Å². The summed E-state index contributed by atoms with van der Waals surface area (Å²) in [6, 6.07) is 8.42. The van der Waals surface area contributed by atoms with Crippen LogP contribution in [0.3, 0.4) is 0 Å². The predicted molar refractivity (Wildman–Crippen MR) is 47.3 cm³/mol. The van der Waals surface area contributed by atoms with E-state index in [4.69, 9.17) is 26.9 Å². The lowest BCUT2D eigenvalue weighted by Gasteiger charge is -2.01. The van der Waals surface area contributed by atoms with Crippen LogP contribution in [0.25, 0.3) is 0 Å². The molecule has 0 amide bonds. The van der Waals surface area contributed by atoms with Crippen LogP contribution in [-0.4, -0.2) is 6.61 Å². The maximum atomic E-state index is 8.56. The lowest BCUT2D eigenvalue weighted by Crippen LogP contribution is -1.93. The third kappa shape index (κ3) is 2.37. The third-order valence-electron chi connectivity index (χ3n) is 1.36. The van der Waals surface area contributed by atoms with Crippen LogP contribution in [0.1, 0.15) is 5.56 Å². The summed E-state index contributed by atoms with van der Waals surface area (Å²) in [6.45, 7) is -0.0256. The highest BCUT2D eigenvalue weighted by atomic mass is 35.5. The maximum absolute atomic E-state index is 8.56. The Morgan fingerprint density at radius 3 is 2.69 bits per heavy atom. The minimum absolute atomic E-state index is 0.0256. The molecule has 0 unspecified atom stereocenters. The second-order valence-corrected chi connectivity index (χ2v) is 2.61. The standard InChI is InChI=1S/C9H5ClN2O/c10-9-5-8(13-4-3-11)2-1-7(9)6-12/h1-2,5H,4H2. The van der Waals surface area contributed by atoms with Gasteiger partial charge in [0.15, 0.2) is 6.61 Å². The molecular weight excluding hydrogens is 188 g/mol. The van der Waals surface area contributed by atoms with Gasteiger partial charge in [0, 0.05) is 6.07 Å². The van der Waals surface area contributed by atoms with E-state index in [0.717, 1.165) is 0 Å². The van der Waals surface area contributed by atoms with Crippen LogP contribution in [0.15, 0.2) is 18.2 Å². The zero-order valence-corrected chi connectivity index (χ0v) is 7.38. The van der Waals surface area contributed by atoms with Crippen LogP contribution >= 0.6 is 11.6 Å². The second-order valence-electron chi connectivity index (χ2n) is 2.20. The number of halogens is 1. The highest BCUT2D eigenvalue weighted by Gasteiger charge is 2.00. The number of ether oxygens (including phenoxy) is 1. The monoisotopic (exact) mass is 192 g/mol. The average Bonchev–Trinajstić information content (AvgIpc) is 2.15. The number of rotatable bonds is 2. The fourth-order valence-corrected chi connectivity index (χ4v) is 1.00. The van der Waals surface area contributed by atoms with E-state index in [2.05, 4.69) is 0 Å². The summed E-state index contributed by atoms with van der Waals surface area (Å²) in [7, 11) is 0. The summed E-state index contributed by atoms with van der Waals surface area (Å²) >= 11 is 5.72. The Morgan fingerprint density at radius 2 is 2.15 bits per heavy atom. The number of nitriles is 2. The first-order chi connectivity index (χ1) is 6.27. The van der Waals surface area contributed by atoms with E-state index in [1.165, 1.54) is 6.07 Å². The Kier molecular flexibility index (Phi) is 3.14. The van der Waals surface area contributed by atoms with Gasteiger partial charge in [0.05, 0.1) is 10.6 Å². The van der Waals surface area contributed by atoms with E-state index >= 15 is 0 Å². The van der Waals surface area contributed by atoms with Crippen molar-refractivity contribution >= 4 is 11.6 Å². The van der Waals surface area contributed by atoms with Crippen molar-refractivity contribution in [2.75, 3.05) is 6.61 Å². The van der Waals surface area contributed by atoms with Crippen LogP contribution < -0.4 is 4.74 Å². The molecule has 0 radical (unpaired) electrons. The van der Waals surface area contributed by atoms with Crippen molar-refractivity contribution in [3.8, 4) is 17.9 Å². The molecule has 0 saturated heterocycles. The highest BCUT2D eigenvalue weighted by molar-refractivity contribution is 6.31. The van der Waals surface area contributed by atoms with Gasteiger partial charge in [-0.1, -0.05) is 11.6 Å². The van der Waals surface area contributed by atoms with Crippen molar-refractivity contribution in [1.29, 1.82) is 10.5 Å². The maximum Gasteiger partial charge on any atom is 0.174 e. The van der Waals surface area contributed by atoms with Crippen molar-refractivity contribution in [2.45, 2.75) is 0 Å². The van der Waals surface area contributed by atoms with Crippen LogP contribution in [0.5, 0.6) is 5.75 Å². The fraction of sp³-hybridized carbons (Fsp3) is 0.111. The highest BCUT2D eigenvalue weighted by Crippen LogP contribution is 2.21. The molecule has 0 aliphatic carbocycles. The number of hydrogen-bond donors (Lipinski definition) is 0. The zero-order chi connectivity index (χ0) is 9.68. The van der Waals surface area contributed by atoms with Crippen molar-refractivity contribution < 1.29 is 4.74 Å². The minimum Gasteiger partial charge on any atom is -0.479 e. The van der Waals surface area contributed by atoms with Gasteiger partial charge in [0.1, 0.15) is 17.9 Å². The zero-order valence-electron chi connectivity index (χ0n) is 6.62. The summed E-state index contributed by atoms with van der Waals surface area (Å²) in [6.07, 6.45) is 0. The van der Waals surface area contributed by atoms with Crippen molar-refractivity contribution in [1.82, 2.24) is 0 Å². The Labute approximate surface area is 80.7 Å². The molecule has 0 heterocycles. The Balaban J connectivity index is 2.86. The van der Waals surface area contributed by atoms with Crippen LogP contribution in [0, 0.1) is 22.7 Å². The van der Waals surface area contributed by atoms with Gasteiger partial charge in [-0.2, -0.15) is 10.5 Å². The molecule has 1 rings (SSSR count). The Hall–Kier alpha value is -1.71. The van der Waals surface area contributed by atoms with Crippen LogP contribution in [0.2, 0.25) is 5.02 Å². The summed E-state index contributed by atoms with van der Waals surface area (Å²) in [4.78, 5) is 0. The fourth-order valence-electron chi connectivity index (χ4n) is 0.792. The molecule has 1 aromatic carbocycles. The predicted octanol–water partition coefficient (Wildman–Crippen LogP) is 2.11. The first-order valence-electron chi connectivity index (χ1n) is 3.47. The van der Waals surface area contributed by atoms with E-state index < -0.39 is 0 Å². The Bertz CT molecular complexity index is 390. The molecule has 0 N–H and O–H groups in total. The molecule has 1 aromatic rings. The van der Waals surface area contributed by atoms with Crippen LogP contribution in [-0.2, 0) is 0 Å². The first kappa shape index (κ1) is 9.38. The summed E-state index contributed by atoms with van der Waals surface area (Å²) < 4.78 is 4.98. The summed E-state index contributed by atoms with van der Waals surface area (Å²) in [5.74, 6) is 0.491. The number of hydrogen-bond acceptors (Lipinski definition) is 3. The molecule has 0 bridgehead atoms. The molecule has 0 spiro atoms. The van der Waals surface area contributed by atoms with Crippen molar-refractivity contribution in [3.63, 3.8) is 0 Å². The molecule has 0 saturated carbocycles. The lowest BCUT2D eigenvalue weighted by molar-refractivity contribution is 0.368. The van der Waals surface area contributed by atoms with E-state index in [9.17, 15) is 0 Å².